The Morgan fingerprint density at radius 2 is 1.86 bits per heavy atom. The van der Waals surface area contributed by atoms with E-state index in [-0.39, 0.29) is 40.8 Å². The number of aliphatic carboxylic acids is 1. The number of carboxylic acid groups (broad SMARTS) is 1. The first-order valence-corrected chi connectivity index (χ1v) is 11.1. The maximum Gasteiger partial charge on any atom is 0.433 e. The van der Waals surface area contributed by atoms with Gasteiger partial charge in [0.05, 0.1) is 18.7 Å². The third kappa shape index (κ3) is 4.93. The van der Waals surface area contributed by atoms with Crippen LogP contribution in [-0.4, -0.2) is 29.8 Å². The minimum absolute atomic E-state index is 0.135. The van der Waals surface area contributed by atoms with Crippen LogP contribution in [0.5, 0.6) is 17.2 Å². The van der Waals surface area contributed by atoms with Gasteiger partial charge in [-0.2, -0.15) is 13.2 Å². The lowest BCUT2D eigenvalue weighted by Crippen LogP contribution is -2.26. The number of aromatic nitrogens is 1. The Hall–Kier alpha value is -3.82. The second-order valence-electron chi connectivity index (χ2n) is 8.52. The first-order valence-electron chi connectivity index (χ1n) is 11.1. The zero-order valence-electron chi connectivity index (χ0n) is 19.6. The Morgan fingerprint density at radius 1 is 1.11 bits per heavy atom. The molecular weight excluding hydrogens is 482 g/mol. The van der Waals surface area contributed by atoms with Gasteiger partial charge >= 0.3 is 12.1 Å². The van der Waals surface area contributed by atoms with Crippen LogP contribution in [0.2, 0.25) is 0 Å². The van der Waals surface area contributed by atoms with Gasteiger partial charge in [0.1, 0.15) is 18.2 Å². The summed E-state index contributed by atoms with van der Waals surface area (Å²) in [6.07, 6.45) is -5.99. The van der Waals surface area contributed by atoms with Crippen LogP contribution in [0.3, 0.4) is 0 Å². The van der Waals surface area contributed by atoms with Crippen molar-refractivity contribution in [3.05, 3.63) is 71.2 Å². The summed E-state index contributed by atoms with van der Waals surface area (Å²) in [7, 11) is 1.36. The van der Waals surface area contributed by atoms with Gasteiger partial charge in [0.25, 0.3) is 0 Å². The summed E-state index contributed by atoms with van der Waals surface area (Å²) >= 11 is 0. The van der Waals surface area contributed by atoms with E-state index in [1.807, 2.05) is 0 Å². The predicted molar refractivity (Wildman–Crippen MR) is 122 cm³/mol. The molecule has 0 bridgehead atoms. The summed E-state index contributed by atoms with van der Waals surface area (Å²) in [6, 6.07) is 11.1. The number of carboxylic acids is 1. The third-order valence-electron chi connectivity index (χ3n) is 6.28. The van der Waals surface area contributed by atoms with Gasteiger partial charge in [-0.1, -0.05) is 26.0 Å². The van der Waals surface area contributed by atoms with E-state index < -0.39 is 35.7 Å². The van der Waals surface area contributed by atoms with Crippen molar-refractivity contribution in [3.63, 3.8) is 0 Å². The molecule has 2 heterocycles. The van der Waals surface area contributed by atoms with Crippen molar-refractivity contribution >= 4 is 5.97 Å². The number of ether oxygens (including phenoxy) is 3. The lowest BCUT2D eigenvalue weighted by atomic mass is 9.89. The molecule has 2 aromatic carbocycles. The number of carbonyl (C=O) groups is 1. The van der Waals surface area contributed by atoms with E-state index in [1.54, 1.807) is 32.0 Å². The number of nitrogens with zero attached hydrogens (tertiary/aromatic N) is 1. The van der Waals surface area contributed by atoms with Crippen LogP contribution < -0.4 is 14.2 Å². The SMILES string of the molecule is COc1ccc(F)c(-c2ccc(C3COc4ccc(C(C)C(C)C(=O)O)cc4O3)c(C(F)(F)F)n2)c1. The molecule has 0 aliphatic carbocycles. The van der Waals surface area contributed by atoms with E-state index in [9.17, 15) is 27.5 Å². The molecule has 10 heteroatoms. The molecule has 190 valence electrons. The molecule has 0 saturated carbocycles. The molecule has 1 N–H and O–H groups in total. The van der Waals surface area contributed by atoms with Crippen molar-refractivity contribution in [2.75, 3.05) is 13.7 Å². The molecule has 6 nitrogen and oxygen atoms in total. The fraction of sp³-hybridized carbons (Fsp3) is 0.308. The summed E-state index contributed by atoms with van der Waals surface area (Å²) in [5.41, 5.74) is -1.19. The number of fused-ring (bicyclic) bond motifs is 1. The summed E-state index contributed by atoms with van der Waals surface area (Å²) in [5.74, 6) is -1.97. The van der Waals surface area contributed by atoms with Crippen LogP contribution >= 0.6 is 0 Å². The van der Waals surface area contributed by atoms with E-state index >= 15 is 0 Å². The second kappa shape index (κ2) is 9.67. The number of hydrogen-bond acceptors (Lipinski definition) is 5. The van der Waals surface area contributed by atoms with Crippen LogP contribution in [0.15, 0.2) is 48.5 Å². The molecule has 3 aromatic rings. The minimum Gasteiger partial charge on any atom is -0.497 e. The molecule has 1 aliphatic rings. The molecule has 4 rings (SSSR count). The normalized spacial score (nSPS) is 16.8. The Balaban J connectivity index is 1.70. The summed E-state index contributed by atoms with van der Waals surface area (Å²) in [5, 5.41) is 9.30. The monoisotopic (exact) mass is 505 g/mol. The first kappa shape index (κ1) is 25.3. The number of pyridine rings is 1. The maximum atomic E-state index is 14.4. The number of benzene rings is 2. The van der Waals surface area contributed by atoms with Gasteiger partial charge < -0.3 is 19.3 Å². The highest BCUT2D eigenvalue weighted by molar-refractivity contribution is 5.71. The standard InChI is InChI=1S/C26H23F4NO5/c1-13(14(2)25(32)33)15-4-9-21-22(10-15)36-23(12-35-21)17-6-8-20(31-24(17)26(28,29)30)18-11-16(34-3)5-7-19(18)27/h4-11,13-14,23H,12H2,1-3H3,(H,32,33). The smallest absolute Gasteiger partial charge is 0.433 e. The van der Waals surface area contributed by atoms with Crippen molar-refractivity contribution in [1.82, 2.24) is 4.98 Å². The Kier molecular flexibility index (Phi) is 6.79. The van der Waals surface area contributed by atoms with Gasteiger partial charge in [-0.25, -0.2) is 9.37 Å². The van der Waals surface area contributed by atoms with Gasteiger partial charge in [0, 0.05) is 11.1 Å². The lowest BCUT2D eigenvalue weighted by molar-refractivity contribution is -0.143. The van der Waals surface area contributed by atoms with E-state index in [1.165, 1.54) is 31.4 Å². The molecule has 0 fully saturated rings. The molecule has 0 amide bonds. The van der Waals surface area contributed by atoms with Gasteiger partial charge in [-0.15, -0.1) is 0 Å². The van der Waals surface area contributed by atoms with Crippen molar-refractivity contribution in [2.45, 2.75) is 32.0 Å². The van der Waals surface area contributed by atoms with Crippen LogP contribution in [0.25, 0.3) is 11.3 Å². The number of halogens is 4. The topological polar surface area (TPSA) is 77.9 Å². The minimum atomic E-state index is -4.85. The fourth-order valence-corrected chi connectivity index (χ4v) is 3.96. The quantitative estimate of drug-likeness (QED) is 0.399. The van der Waals surface area contributed by atoms with E-state index in [0.29, 0.717) is 11.3 Å². The average molecular weight is 505 g/mol. The van der Waals surface area contributed by atoms with Crippen LogP contribution in [0, 0.1) is 11.7 Å². The molecule has 0 saturated heterocycles. The summed E-state index contributed by atoms with van der Waals surface area (Å²) < 4.78 is 73.1. The summed E-state index contributed by atoms with van der Waals surface area (Å²) in [6.45, 7) is 3.11. The van der Waals surface area contributed by atoms with Crippen LogP contribution in [-0.2, 0) is 11.0 Å². The molecule has 3 atom stereocenters. The average Bonchev–Trinajstić information content (AvgIpc) is 2.86. The molecule has 0 radical (unpaired) electrons. The van der Waals surface area contributed by atoms with E-state index in [4.69, 9.17) is 14.2 Å². The van der Waals surface area contributed by atoms with Crippen molar-refractivity contribution in [2.24, 2.45) is 5.92 Å². The number of hydrogen-bond donors (Lipinski definition) is 1. The van der Waals surface area contributed by atoms with Crippen molar-refractivity contribution in [1.29, 1.82) is 0 Å². The van der Waals surface area contributed by atoms with Crippen molar-refractivity contribution in [3.8, 4) is 28.5 Å². The van der Waals surface area contributed by atoms with Crippen LogP contribution in [0.4, 0.5) is 17.6 Å². The molecule has 1 aliphatic heterocycles. The molecular formula is C26H23F4NO5. The lowest BCUT2D eigenvalue weighted by Gasteiger charge is -2.29. The number of methoxy groups -OCH3 is 1. The van der Waals surface area contributed by atoms with Gasteiger partial charge in [-0.3, -0.25) is 4.79 Å². The molecule has 1 aromatic heterocycles. The highest BCUT2D eigenvalue weighted by Gasteiger charge is 2.39. The predicted octanol–water partition coefficient (Wildman–Crippen LogP) is 6.25. The first-order chi connectivity index (χ1) is 17.0. The van der Waals surface area contributed by atoms with Crippen molar-refractivity contribution < 1.29 is 41.7 Å². The van der Waals surface area contributed by atoms with Gasteiger partial charge in [0.2, 0.25) is 0 Å². The van der Waals surface area contributed by atoms with Gasteiger partial charge in [-0.05, 0) is 47.9 Å². The maximum absolute atomic E-state index is 14.4. The Bertz CT molecular complexity index is 1290. The third-order valence-corrected chi connectivity index (χ3v) is 6.28. The Morgan fingerprint density at radius 3 is 2.53 bits per heavy atom. The zero-order chi connectivity index (χ0) is 26.2. The fourth-order valence-electron chi connectivity index (χ4n) is 3.96. The molecule has 0 spiro atoms. The molecule has 3 unspecified atom stereocenters. The Labute approximate surface area is 204 Å². The summed E-state index contributed by atoms with van der Waals surface area (Å²) in [4.78, 5) is 15.1. The zero-order valence-corrected chi connectivity index (χ0v) is 19.6. The van der Waals surface area contributed by atoms with Gasteiger partial charge in [0.15, 0.2) is 23.3 Å². The second-order valence-corrected chi connectivity index (χ2v) is 8.52. The highest BCUT2D eigenvalue weighted by Crippen LogP contribution is 2.42. The highest BCUT2D eigenvalue weighted by atomic mass is 19.4. The van der Waals surface area contributed by atoms with E-state index in [2.05, 4.69) is 4.98 Å². The van der Waals surface area contributed by atoms with Crippen LogP contribution in [0.1, 0.15) is 42.7 Å². The number of rotatable bonds is 6. The largest absolute Gasteiger partial charge is 0.497 e. The molecule has 36 heavy (non-hydrogen) atoms. The number of alkyl halides is 3. The van der Waals surface area contributed by atoms with E-state index in [0.717, 1.165) is 6.07 Å².